The van der Waals surface area contributed by atoms with Crippen LogP contribution >= 0.6 is 11.3 Å². The SMILES string of the molecule is [Na+].[c-]1cc2ccccc2s1. The Morgan fingerprint density at radius 2 is 2.00 bits per heavy atom. The number of benzene rings is 1. The topological polar surface area (TPSA) is 0 Å². The van der Waals surface area contributed by atoms with Crippen LogP contribution in [0, 0.1) is 5.38 Å². The van der Waals surface area contributed by atoms with E-state index in [1.165, 1.54) is 10.1 Å². The van der Waals surface area contributed by atoms with Crippen LogP contribution in [0.25, 0.3) is 10.1 Å². The van der Waals surface area contributed by atoms with Crippen molar-refractivity contribution in [3.05, 3.63) is 35.7 Å². The summed E-state index contributed by atoms with van der Waals surface area (Å²) >= 11 is 1.66. The van der Waals surface area contributed by atoms with Gasteiger partial charge in [-0.25, -0.2) is 0 Å². The maximum atomic E-state index is 3.08. The Morgan fingerprint density at radius 1 is 1.20 bits per heavy atom. The second-order valence-corrected chi connectivity index (χ2v) is 2.78. The summed E-state index contributed by atoms with van der Waals surface area (Å²) in [6.45, 7) is 0. The molecule has 2 rings (SSSR count). The Bertz CT molecular complexity index is 283. The van der Waals surface area contributed by atoms with Crippen LogP contribution < -0.4 is 29.6 Å². The number of thiophene rings is 1. The molecule has 0 unspecified atom stereocenters. The molecule has 0 spiro atoms. The third kappa shape index (κ3) is 1.43. The van der Waals surface area contributed by atoms with Crippen LogP contribution in [0.4, 0.5) is 0 Å². The third-order valence-electron chi connectivity index (χ3n) is 1.30. The molecule has 1 heterocycles. The maximum absolute atomic E-state index is 3.08. The second kappa shape index (κ2) is 3.54. The zero-order valence-electron chi connectivity index (χ0n) is 5.79. The van der Waals surface area contributed by atoms with Crippen LogP contribution in [-0.4, -0.2) is 0 Å². The minimum atomic E-state index is 0. The molecular weight excluding hydrogens is 151 g/mol. The van der Waals surface area contributed by atoms with Gasteiger partial charge in [-0.1, -0.05) is 12.1 Å². The fraction of sp³-hybridized carbons (Fsp3) is 0. The van der Waals surface area contributed by atoms with Crippen LogP contribution in [0.3, 0.4) is 0 Å². The number of hydrogen-bond donors (Lipinski definition) is 0. The molecule has 0 radical (unpaired) electrons. The van der Waals surface area contributed by atoms with E-state index in [0.29, 0.717) is 0 Å². The largest absolute Gasteiger partial charge is 1.00 e. The van der Waals surface area contributed by atoms with Gasteiger partial charge in [0.05, 0.1) is 0 Å². The van der Waals surface area contributed by atoms with E-state index in [-0.39, 0.29) is 29.6 Å². The second-order valence-electron chi connectivity index (χ2n) is 1.90. The summed E-state index contributed by atoms with van der Waals surface area (Å²) < 4.78 is 1.32. The molecule has 0 nitrogen and oxygen atoms in total. The molecular formula is C8H5NaS. The molecule has 2 heteroatoms. The van der Waals surface area contributed by atoms with Gasteiger partial charge in [0.25, 0.3) is 0 Å². The zero-order valence-corrected chi connectivity index (χ0v) is 8.61. The average molecular weight is 156 g/mol. The number of fused-ring (bicyclic) bond motifs is 1. The standard InChI is InChI=1S/C8H5S.Na/c1-2-4-8-7(3-1)5-6-9-8;/h1-5H;/q-1;+1. The smallest absolute Gasteiger partial charge is 0.296 e. The van der Waals surface area contributed by atoms with Crippen molar-refractivity contribution < 1.29 is 29.6 Å². The van der Waals surface area contributed by atoms with Gasteiger partial charge in [0, 0.05) is 0 Å². The molecule has 0 saturated heterocycles. The van der Waals surface area contributed by atoms with Crippen LogP contribution in [-0.2, 0) is 0 Å². The van der Waals surface area contributed by atoms with Crippen LogP contribution in [0.1, 0.15) is 0 Å². The van der Waals surface area contributed by atoms with Gasteiger partial charge in [0.15, 0.2) is 0 Å². The normalized spacial score (nSPS) is 9.20. The van der Waals surface area contributed by atoms with Crippen molar-refractivity contribution in [2.24, 2.45) is 0 Å². The Morgan fingerprint density at radius 3 is 2.80 bits per heavy atom. The molecule has 0 saturated carbocycles. The zero-order chi connectivity index (χ0) is 6.10. The first-order valence-corrected chi connectivity index (χ1v) is 3.63. The Labute approximate surface area is 86.2 Å². The summed E-state index contributed by atoms with van der Waals surface area (Å²) in [5.74, 6) is 0. The molecule has 2 aromatic rings. The predicted molar refractivity (Wildman–Crippen MR) is 40.7 cm³/mol. The van der Waals surface area contributed by atoms with Crippen molar-refractivity contribution in [3.63, 3.8) is 0 Å². The fourth-order valence-electron chi connectivity index (χ4n) is 0.849. The molecule has 0 fully saturated rings. The third-order valence-corrected chi connectivity index (χ3v) is 2.13. The summed E-state index contributed by atoms with van der Waals surface area (Å²) in [6.07, 6.45) is 0. The molecule has 10 heavy (non-hydrogen) atoms. The first-order valence-electron chi connectivity index (χ1n) is 2.81. The Hall–Kier alpha value is 0.180. The van der Waals surface area contributed by atoms with Gasteiger partial charge in [-0.05, 0) is 0 Å². The van der Waals surface area contributed by atoms with Crippen LogP contribution in [0.2, 0.25) is 0 Å². The molecule has 1 aromatic heterocycles. The molecule has 0 bridgehead atoms. The van der Waals surface area contributed by atoms with E-state index >= 15 is 0 Å². The quantitative estimate of drug-likeness (QED) is 0.363. The van der Waals surface area contributed by atoms with E-state index in [9.17, 15) is 0 Å². The number of hydrogen-bond acceptors (Lipinski definition) is 1. The van der Waals surface area contributed by atoms with Crippen molar-refractivity contribution in [3.8, 4) is 0 Å². The molecule has 0 N–H and O–H groups in total. The predicted octanol–water partition coefficient (Wildman–Crippen LogP) is -0.295. The summed E-state index contributed by atoms with van der Waals surface area (Å²) in [5.41, 5.74) is 0. The van der Waals surface area contributed by atoms with Crippen molar-refractivity contribution in [1.29, 1.82) is 0 Å². The molecule has 0 aliphatic heterocycles. The van der Waals surface area contributed by atoms with Gasteiger partial charge in [-0.15, -0.1) is 22.2 Å². The summed E-state index contributed by atoms with van der Waals surface area (Å²) in [6, 6.07) is 10.3. The van der Waals surface area contributed by atoms with Crippen LogP contribution in [0.5, 0.6) is 0 Å². The van der Waals surface area contributed by atoms with Crippen molar-refractivity contribution in [2.75, 3.05) is 0 Å². The van der Waals surface area contributed by atoms with Crippen LogP contribution in [0.15, 0.2) is 30.3 Å². The van der Waals surface area contributed by atoms with Gasteiger partial charge in [0.1, 0.15) is 0 Å². The van der Waals surface area contributed by atoms with Crippen molar-refractivity contribution in [1.82, 2.24) is 0 Å². The molecule has 1 aromatic carbocycles. The molecule has 0 amide bonds. The first kappa shape index (κ1) is 8.28. The molecule has 0 aliphatic rings. The van der Waals surface area contributed by atoms with Gasteiger partial charge in [-0.3, -0.25) is 11.3 Å². The Kier molecular flexibility index (Phi) is 2.93. The first-order chi connectivity index (χ1) is 4.47. The van der Waals surface area contributed by atoms with Gasteiger partial charge in [-0.2, -0.15) is 11.5 Å². The van der Waals surface area contributed by atoms with Gasteiger partial charge >= 0.3 is 29.6 Å². The average Bonchev–Trinajstić information content (AvgIpc) is 2.33. The summed E-state index contributed by atoms with van der Waals surface area (Å²) in [7, 11) is 0. The van der Waals surface area contributed by atoms with Gasteiger partial charge < -0.3 is 0 Å². The maximum Gasteiger partial charge on any atom is 1.00 e. The molecule has 0 aliphatic carbocycles. The Balaban J connectivity index is 0.000000500. The monoisotopic (exact) mass is 156 g/mol. The number of rotatable bonds is 0. The van der Waals surface area contributed by atoms with E-state index in [1.54, 1.807) is 11.3 Å². The van der Waals surface area contributed by atoms with Gasteiger partial charge in [0.2, 0.25) is 0 Å². The molecule has 0 atom stereocenters. The molecule has 44 valence electrons. The summed E-state index contributed by atoms with van der Waals surface area (Å²) in [4.78, 5) is 0. The van der Waals surface area contributed by atoms with E-state index in [2.05, 4.69) is 17.5 Å². The summed E-state index contributed by atoms with van der Waals surface area (Å²) in [5, 5.41) is 4.37. The van der Waals surface area contributed by atoms with E-state index in [1.807, 2.05) is 18.2 Å². The van der Waals surface area contributed by atoms with Crippen molar-refractivity contribution in [2.45, 2.75) is 0 Å². The van der Waals surface area contributed by atoms with E-state index in [0.717, 1.165) is 0 Å². The van der Waals surface area contributed by atoms with E-state index < -0.39 is 0 Å². The van der Waals surface area contributed by atoms with Crippen molar-refractivity contribution >= 4 is 21.4 Å². The minimum Gasteiger partial charge on any atom is -0.296 e. The van der Waals surface area contributed by atoms with E-state index in [4.69, 9.17) is 0 Å². The fourth-order valence-corrected chi connectivity index (χ4v) is 1.55. The minimum absolute atomic E-state index is 0.